The molecule has 1 heterocycles. The van der Waals surface area contributed by atoms with Crippen molar-refractivity contribution in [3.05, 3.63) is 46.5 Å². The van der Waals surface area contributed by atoms with E-state index in [1.807, 2.05) is 37.3 Å². The first-order chi connectivity index (χ1) is 10.7. The number of carbonyl (C=O) groups excluding carboxylic acids is 1. The lowest BCUT2D eigenvalue weighted by atomic mass is 10.1. The topological polar surface area (TPSA) is 54.0 Å². The Bertz CT molecular complexity index is 615. The van der Waals surface area contributed by atoms with Gasteiger partial charge in [-0.1, -0.05) is 36.8 Å². The molecular weight excluding hydrogens is 294 g/mol. The maximum Gasteiger partial charge on any atom is 0.321 e. The fraction of sp³-hybridized carbons (Fsp3) is 0.412. The quantitative estimate of drug-likeness (QED) is 0.830. The minimum Gasteiger partial charge on any atom is -0.331 e. The number of nitrogens with one attached hydrogen (secondary N) is 2. The summed E-state index contributed by atoms with van der Waals surface area (Å²) in [5.41, 5.74) is 2.27. The molecule has 3 rings (SSSR count). The molecule has 2 aromatic rings. The van der Waals surface area contributed by atoms with Crippen molar-refractivity contribution < 1.29 is 4.79 Å². The van der Waals surface area contributed by atoms with Crippen molar-refractivity contribution in [3.63, 3.8) is 0 Å². The van der Waals surface area contributed by atoms with Crippen LogP contribution in [-0.4, -0.2) is 11.0 Å². The Morgan fingerprint density at radius 1 is 1.18 bits per heavy atom. The van der Waals surface area contributed by atoms with Crippen molar-refractivity contribution in [3.8, 4) is 0 Å². The predicted octanol–water partition coefficient (Wildman–Crippen LogP) is 4.29. The van der Waals surface area contributed by atoms with Crippen LogP contribution in [0.25, 0.3) is 0 Å². The van der Waals surface area contributed by atoms with E-state index in [4.69, 9.17) is 0 Å². The summed E-state index contributed by atoms with van der Waals surface area (Å²) in [6.45, 7) is 1.98. The molecule has 1 aliphatic rings. The standard InChI is InChI=1S/C17H21N3OS/c1-12(13-8-4-2-5-9-13)18-16(21)20-17-19-14-10-6-3-7-11-15(14)22-17/h2,4-5,8-9,12H,3,6-7,10-11H2,1H3,(H2,18,19,20,21). The Morgan fingerprint density at radius 3 is 2.77 bits per heavy atom. The Morgan fingerprint density at radius 2 is 1.95 bits per heavy atom. The van der Waals surface area contributed by atoms with Gasteiger partial charge in [-0.15, -0.1) is 11.3 Å². The van der Waals surface area contributed by atoms with Gasteiger partial charge in [-0.25, -0.2) is 9.78 Å². The lowest BCUT2D eigenvalue weighted by Crippen LogP contribution is -2.31. The molecule has 0 saturated carbocycles. The number of carbonyl (C=O) groups is 1. The molecule has 4 nitrogen and oxygen atoms in total. The molecule has 0 radical (unpaired) electrons. The highest BCUT2D eigenvalue weighted by Gasteiger charge is 2.16. The van der Waals surface area contributed by atoms with Crippen LogP contribution in [0.4, 0.5) is 9.93 Å². The lowest BCUT2D eigenvalue weighted by Gasteiger charge is -2.14. The molecule has 5 heteroatoms. The highest BCUT2D eigenvalue weighted by atomic mass is 32.1. The van der Waals surface area contributed by atoms with Gasteiger partial charge in [-0.3, -0.25) is 5.32 Å². The van der Waals surface area contributed by atoms with E-state index in [1.165, 1.54) is 29.8 Å². The molecule has 2 N–H and O–H groups in total. The molecule has 0 saturated heterocycles. The monoisotopic (exact) mass is 315 g/mol. The highest BCUT2D eigenvalue weighted by Crippen LogP contribution is 2.28. The van der Waals surface area contributed by atoms with Crippen LogP contribution in [0.2, 0.25) is 0 Å². The maximum atomic E-state index is 12.1. The van der Waals surface area contributed by atoms with E-state index in [2.05, 4.69) is 15.6 Å². The summed E-state index contributed by atoms with van der Waals surface area (Å²) < 4.78 is 0. The Hall–Kier alpha value is -1.88. The van der Waals surface area contributed by atoms with Gasteiger partial charge in [0.25, 0.3) is 0 Å². The largest absolute Gasteiger partial charge is 0.331 e. The third kappa shape index (κ3) is 3.65. The number of hydrogen-bond donors (Lipinski definition) is 2. The first-order valence-electron chi connectivity index (χ1n) is 7.83. The van der Waals surface area contributed by atoms with Crippen molar-refractivity contribution in [1.82, 2.24) is 10.3 Å². The van der Waals surface area contributed by atoms with E-state index < -0.39 is 0 Å². The summed E-state index contributed by atoms with van der Waals surface area (Å²) in [7, 11) is 0. The van der Waals surface area contributed by atoms with E-state index in [9.17, 15) is 4.79 Å². The van der Waals surface area contributed by atoms with Crippen LogP contribution in [-0.2, 0) is 12.8 Å². The fourth-order valence-corrected chi connectivity index (χ4v) is 3.78. The average Bonchev–Trinajstić information content (AvgIpc) is 2.76. The van der Waals surface area contributed by atoms with E-state index in [0.717, 1.165) is 18.4 Å². The molecule has 22 heavy (non-hydrogen) atoms. The smallest absolute Gasteiger partial charge is 0.321 e. The minimum atomic E-state index is -0.194. The Labute approximate surface area is 135 Å². The van der Waals surface area contributed by atoms with Crippen LogP contribution < -0.4 is 10.6 Å². The molecule has 0 fully saturated rings. The number of urea groups is 1. The van der Waals surface area contributed by atoms with E-state index in [-0.39, 0.29) is 12.1 Å². The molecule has 1 aromatic carbocycles. The molecule has 0 bridgehead atoms. The molecule has 1 atom stereocenters. The summed E-state index contributed by atoms with van der Waals surface area (Å²) in [6.07, 6.45) is 5.84. The van der Waals surface area contributed by atoms with Gasteiger partial charge in [0.2, 0.25) is 0 Å². The number of thiazole rings is 1. The molecule has 0 aliphatic heterocycles. The Kier molecular flexibility index (Phi) is 4.73. The first kappa shape index (κ1) is 15.0. The van der Waals surface area contributed by atoms with Crippen LogP contribution in [0.3, 0.4) is 0 Å². The number of fused-ring (bicyclic) bond motifs is 1. The normalized spacial score (nSPS) is 15.5. The lowest BCUT2D eigenvalue weighted by molar-refractivity contribution is 0.249. The first-order valence-corrected chi connectivity index (χ1v) is 8.65. The summed E-state index contributed by atoms with van der Waals surface area (Å²) in [6, 6.07) is 9.72. The van der Waals surface area contributed by atoms with Gasteiger partial charge in [0.1, 0.15) is 0 Å². The summed E-state index contributed by atoms with van der Waals surface area (Å²) in [5, 5.41) is 6.54. The second-order valence-corrected chi connectivity index (χ2v) is 6.76. The molecule has 1 aliphatic carbocycles. The van der Waals surface area contributed by atoms with Crippen LogP contribution in [0, 0.1) is 0 Å². The van der Waals surface area contributed by atoms with Gasteiger partial charge in [0.15, 0.2) is 5.13 Å². The number of rotatable bonds is 3. The van der Waals surface area contributed by atoms with Gasteiger partial charge >= 0.3 is 6.03 Å². The van der Waals surface area contributed by atoms with Gasteiger partial charge in [0, 0.05) is 4.88 Å². The third-order valence-electron chi connectivity index (χ3n) is 3.96. The number of benzene rings is 1. The molecule has 2 amide bonds. The number of amides is 2. The molecule has 1 unspecified atom stereocenters. The highest BCUT2D eigenvalue weighted by molar-refractivity contribution is 7.15. The number of anilines is 1. The fourth-order valence-electron chi connectivity index (χ4n) is 2.74. The maximum absolute atomic E-state index is 12.1. The predicted molar refractivity (Wildman–Crippen MR) is 90.4 cm³/mol. The Balaban J connectivity index is 1.60. The SMILES string of the molecule is CC(NC(=O)Nc1nc2c(s1)CCCCC2)c1ccccc1. The van der Waals surface area contributed by atoms with Crippen molar-refractivity contribution in [2.24, 2.45) is 0 Å². The van der Waals surface area contributed by atoms with Crippen molar-refractivity contribution in [2.75, 3.05) is 5.32 Å². The molecule has 1 aromatic heterocycles. The molecule has 116 valence electrons. The van der Waals surface area contributed by atoms with Gasteiger partial charge in [-0.2, -0.15) is 0 Å². The zero-order chi connectivity index (χ0) is 15.4. The molecular formula is C17H21N3OS. The molecule has 0 spiro atoms. The zero-order valence-electron chi connectivity index (χ0n) is 12.8. The van der Waals surface area contributed by atoms with Crippen molar-refractivity contribution in [1.29, 1.82) is 0 Å². The zero-order valence-corrected chi connectivity index (χ0v) is 13.6. The number of aryl methyl sites for hydroxylation is 2. The second-order valence-electron chi connectivity index (χ2n) is 5.68. The third-order valence-corrected chi connectivity index (χ3v) is 5.04. The van der Waals surface area contributed by atoms with E-state index >= 15 is 0 Å². The van der Waals surface area contributed by atoms with Gasteiger partial charge in [-0.05, 0) is 38.2 Å². The summed E-state index contributed by atoms with van der Waals surface area (Å²) in [4.78, 5) is 18.0. The second kappa shape index (κ2) is 6.92. The summed E-state index contributed by atoms with van der Waals surface area (Å²) in [5.74, 6) is 0. The van der Waals surface area contributed by atoms with Gasteiger partial charge < -0.3 is 5.32 Å². The van der Waals surface area contributed by atoms with Crippen LogP contribution in [0.1, 0.15) is 48.4 Å². The van der Waals surface area contributed by atoms with Crippen LogP contribution in [0.15, 0.2) is 30.3 Å². The average molecular weight is 315 g/mol. The number of hydrogen-bond acceptors (Lipinski definition) is 3. The number of nitrogens with zero attached hydrogens (tertiary/aromatic N) is 1. The van der Waals surface area contributed by atoms with E-state index in [1.54, 1.807) is 11.3 Å². The van der Waals surface area contributed by atoms with Crippen LogP contribution in [0.5, 0.6) is 0 Å². The van der Waals surface area contributed by atoms with E-state index in [0.29, 0.717) is 5.13 Å². The van der Waals surface area contributed by atoms with Crippen molar-refractivity contribution >= 4 is 22.5 Å². The van der Waals surface area contributed by atoms with Crippen LogP contribution >= 0.6 is 11.3 Å². The van der Waals surface area contributed by atoms with Crippen molar-refractivity contribution in [2.45, 2.75) is 45.1 Å². The van der Waals surface area contributed by atoms with Gasteiger partial charge in [0.05, 0.1) is 11.7 Å². The number of aromatic nitrogens is 1. The minimum absolute atomic E-state index is 0.0287. The summed E-state index contributed by atoms with van der Waals surface area (Å²) >= 11 is 1.62.